The topological polar surface area (TPSA) is 113 Å². The molecular weight excluding hydrogens is 516 g/mol. The summed E-state index contributed by atoms with van der Waals surface area (Å²) in [5.41, 5.74) is -2.52. The minimum atomic E-state index is -6.91. The van der Waals surface area contributed by atoms with E-state index in [1.54, 1.807) is 0 Å². The molecule has 0 aliphatic rings. The number of hydrogen-bond donors (Lipinski definition) is 0. The van der Waals surface area contributed by atoms with Crippen molar-refractivity contribution in [2.75, 3.05) is 20.7 Å². The monoisotopic (exact) mass is 530 g/mol. The maximum atomic E-state index is 13.6. The van der Waals surface area contributed by atoms with Gasteiger partial charge in [-0.3, -0.25) is 4.79 Å². The Kier molecular flexibility index (Phi) is 8.98. The van der Waals surface area contributed by atoms with Crippen LogP contribution in [0.1, 0.15) is 12.8 Å². The van der Waals surface area contributed by atoms with Gasteiger partial charge in [0.05, 0.1) is 6.61 Å². The van der Waals surface area contributed by atoms with Gasteiger partial charge in [-0.05, 0) is 6.42 Å². The number of nitrogens with zero attached hydrogens (tertiary/aromatic N) is 1. The van der Waals surface area contributed by atoms with Gasteiger partial charge in [0.2, 0.25) is 0 Å². The number of rotatable bonds is 10. The highest BCUT2D eigenvalue weighted by molar-refractivity contribution is 7.86. The van der Waals surface area contributed by atoms with Crippen molar-refractivity contribution in [2.45, 2.75) is 42.2 Å². The highest BCUT2D eigenvalue weighted by atomic mass is 32.2. The quantitative estimate of drug-likeness (QED) is 0.107. The maximum absolute atomic E-state index is 13.6. The van der Waals surface area contributed by atoms with Crippen molar-refractivity contribution in [1.82, 2.24) is 4.90 Å². The average molecular weight is 530 g/mol. The first-order valence-electron chi connectivity index (χ1n) is 7.98. The summed E-state index contributed by atoms with van der Waals surface area (Å²) in [4.78, 5) is 23.5. The van der Waals surface area contributed by atoms with Crippen molar-refractivity contribution in [2.24, 2.45) is 0 Å². The van der Waals surface area contributed by atoms with E-state index in [-0.39, 0.29) is 4.90 Å². The number of amides is 1. The first-order chi connectivity index (χ1) is 14.3. The lowest BCUT2D eigenvalue weighted by Gasteiger charge is -2.35. The van der Waals surface area contributed by atoms with Crippen LogP contribution in [0.3, 0.4) is 0 Å². The summed E-state index contributed by atoms with van der Waals surface area (Å²) in [7, 11) is -5.71. The Morgan fingerprint density at radius 2 is 1.42 bits per heavy atom. The van der Waals surface area contributed by atoms with Crippen LogP contribution in [-0.4, -0.2) is 79.8 Å². The van der Waals surface area contributed by atoms with Gasteiger partial charge in [-0.15, -0.1) is 0 Å². The maximum Gasteiger partial charge on any atom is 0.466 e. The van der Waals surface area contributed by atoms with Gasteiger partial charge in [0.15, 0.2) is 10.1 Å². The second-order valence-electron chi connectivity index (χ2n) is 6.31. The van der Waals surface area contributed by atoms with Crippen LogP contribution >= 0.6 is 0 Å². The molecule has 0 fully saturated rings. The molecule has 19 heteroatoms. The Labute approximate surface area is 178 Å². The van der Waals surface area contributed by atoms with Gasteiger partial charge in [-0.1, -0.05) is 6.58 Å². The number of halogens is 10. The Hall–Kier alpha value is -2.15. The Balaban J connectivity index is 5.95. The smallest absolute Gasteiger partial charge is 0.466 e. The standard InChI is InChI=1S/C14H15F10NO7S/c1-7(12(17,18)19)8(26)32-11(13(20,21)22,9(27)25(2)3)31-6-4-5-10(15,16)14(23,24)33(28,29)30/h1,4-6H2,2-3H3,(H,28,29,30)/p-1. The van der Waals surface area contributed by atoms with E-state index >= 15 is 0 Å². The van der Waals surface area contributed by atoms with Crippen molar-refractivity contribution in [3.63, 3.8) is 0 Å². The van der Waals surface area contributed by atoms with Crippen LogP contribution in [0.5, 0.6) is 0 Å². The molecule has 1 unspecified atom stereocenters. The van der Waals surface area contributed by atoms with Crippen molar-refractivity contribution in [1.29, 1.82) is 0 Å². The fraction of sp³-hybridized carbons (Fsp3) is 0.714. The molecule has 8 nitrogen and oxygen atoms in total. The summed E-state index contributed by atoms with van der Waals surface area (Å²) in [6, 6.07) is 0. The second kappa shape index (κ2) is 9.61. The van der Waals surface area contributed by atoms with Crippen LogP contribution in [0.4, 0.5) is 43.9 Å². The van der Waals surface area contributed by atoms with E-state index in [2.05, 4.69) is 16.1 Å². The number of alkyl halides is 10. The van der Waals surface area contributed by atoms with Gasteiger partial charge in [0, 0.05) is 20.5 Å². The van der Waals surface area contributed by atoms with Crippen molar-refractivity contribution in [3.8, 4) is 0 Å². The molecule has 0 aromatic carbocycles. The summed E-state index contributed by atoms with van der Waals surface area (Å²) < 4.78 is 170. The minimum Gasteiger partial charge on any atom is -0.743 e. The van der Waals surface area contributed by atoms with Crippen LogP contribution in [0.15, 0.2) is 12.2 Å². The SMILES string of the molecule is C=C(C(=O)OC(OCCCC(F)(F)C(F)(F)S(=O)(=O)[O-])(C(=O)N(C)C)C(F)(F)F)C(F)(F)F. The first kappa shape index (κ1) is 30.9. The zero-order valence-electron chi connectivity index (χ0n) is 16.3. The lowest BCUT2D eigenvalue weighted by Crippen LogP contribution is -2.61. The second-order valence-corrected chi connectivity index (χ2v) is 7.73. The molecule has 0 aromatic rings. The Morgan fingerprint density at radius 1 is 0.970 bits per heavy atom. The number of ether oxygens (including phenoxy) is 2. The molecule has 0 rings (SSSR count). The molecule has 0 N–H and O–H groups in total. The van der Waals surface area contributed by atoms with Crippen LogP contribution in [0.2, 0.25) is 0 Å². The van der Waals surface area contributed by atoms with Crippen molar-refractivity contribution < 1.29 is 75.9 Å². The van der Waals surface area contributed by atoms with Gasteiger partial charge in [-0.2, -0.15) is 43.9 Å². The van der Waals surface area contributed by atoms with E-state index in [0.29, 0.717) is 14.1 Å². The van der Waals surface area contributed by atoms with Gasteiger partial charge in [0.1, 0.15) is 5.57 Å². The summed E-state index contributed by atoms with van der Waals surface area (Å²) in [5, 5.41) is -6.18. The molecule has 0 aliphatic heterocycles. The third-order valence-corrected chi connectivity index (χ3v) is 4.49. The van der Waals surface area contributed by atoms with E-state index in [9.17, 15) is 66.5 Å². The predicted molar refractivity (Wildman–Crippen MR) is 83.5 cm³/mol. The summed E-state index contributed by atoms with van der Waals surface area (Å²) in [5.74, 6) is -15.7. The van der Waals surface area contributed by atoms with Gasteiger partial charge in [0.25, 0.3) is 0 Å². The zero-order valence-corrected chi connectivity index (χ0v) is 17.1. The fourth-order valence-corrected chi connectivity index (χ4v) is 2.30. The highest BCUT2D eigenvalue weighted by Crippen LogP contribution is 2.42. The molecule has 0 heterocycles. The normalized spacial score (nSPS) is 15.5. The van der Waals surface area contributed by atoms with Crippen LogP contribution in [0.25, 0.3) is 0 Å². The Morgan fingerprint density at radius 3 is 1.76 bits per heavy atom. The Bertz CT molecular complexity index is 867. The molecule has 0 saturated heterocycles. The fourth-order valence-electron chi connectivity index (χ4n) is 1.84. The van der Waals surface area contributed by atoms with E-state index in [1.165, 1.54) is 0 Å². The van der Waals surface area contributed by atoms with Crippen LogP contribution in [-0.2, 0) is 29.2 Å². The molecule has 0 radical (unpaired) electrons. The minimum absolute atomic E-state index is 0.0316. The molecule has 0 bridgehead atoms. The van der Waals surface area contributed by atoms with Crippen LogP contribution < -0.4 is 0 Å². The molecule has 0 saturated carbocycles. The lowest BCUT2D eigenvalue weighted by atomic mass is 10.2. The van der Waals surface area contributed by atoms with E-state index in [0.717, 1.165) is 0 Å². The molecule has 194 valence electrons. The summed E-state index contributed by atoms with van der Waals surface area (Å²) in [6.45, 7) is 0.349. The molecule has 1 amide bonds. The van der Waals surface area contributed by atoms with Gasteiger partial charge < -0.3 is 18.9 Å². The number of hydrogen-bond acceptors (Lipinski definition) is 7. The largest absolute Gasteiger partial charge is 0.743 e. The van der Waals surface area contributed by atoms with Gasteiger partial charge >= 0.3 is 41.2 Å². The molecule has 33 heavy (non-hydrogen) atoms. The zero-order chi connectivity index (χ0) is 26.8. The third-order valence-electron chi connectivity index (χ3n) is 3.57. The van der Waals surface area contributed by atoms with Crippen LogP contribution in [0, 0.1) is 0 Å². The van der Waals surface area contributed by atoms with E-state index in [4.69, 9.17) is 0 Å². The molecule has 0 aliphatic carbocycles. The number of carbonyl (C=O) groups excluding carboxylic acids is 2. The van der Waals surface area contributed by atoms with Gasteiger partial charge in [-0.25, -0.2) is 13.2 Å². The predicted octanol–water partition coefficient (Wildman–Crippen LogP) is 2.57. The molecule has 0 spiro atoms. The number of esters is 1. The van der Waals surface area contributed by atoms with E-state index in [1.807, 2.05) is 0 Å². The molecule has 0 aromatic heterocycles. The lowest BCUT2D eigenvalue weighted by molar-refractivity contribution is -0.351. The molecule has 1 atom stereocenters. The van der Waals surface area contributed by atoms with Crippen molar-refractivity contribution in [3.05, 3.63) is 12.2 Å². The van der Waals surface area contributed by atoms with E-state index < -0.39 is 76.3 Å². The molecular formula is C14H14F10NO7S-. The first-order valence-corrected chi connectivity index (χ1v) is 9.39. The van der Waals surface area contributed by atoms with Crippen molar-refractivity contribution >= 4 is 22.0 Å². The number of likely N-dealkylation sites (N-methyl/N-ethyl adjacent to an activating group) is 1. The summed E-state index contributed by atoms with van der Waals surface area (Å²) >= 11 is 0. The summed E-state index contributed by atoms with van der Waals surface area (Å²) in [6.07, 6.45) is -15.7. The average Bonchev–Trinajstić information content (AvgIpc) is 2.59. The third kappa shape index (κ3) is 6.69. The number of carbonyl (C=O) groups is 2. The highest BCUT2D eigenvalue weighted by Gasteiger charge is 2.68.